The molecule has 5 nitrogen and oxygen atoms in total. The molecular weight excluding hydrogens is 482 g/mol. The van der Waals surface area contributed by atoms with Crippen molar-refractivity contribution in [2.75, 3.05) is 23.9 Å². The van der Waals surface area contributed by atoms with Gasteiger partial charge < -0.3 is 14.9 Å². The Morgan fingerprint density at radius 1 is 0.973 bits per heavy atom. The van der Waals surface area contributed by atoms with Crippen molar-refractivity contribution < 1.29 is 9.90 Å². The molecule has 2 aromatic carbocycles. The molecule has 2 saturated carbocycles. The molecule has 194 valence electrons. The Morgan fingerprint density at radius 3 is 2.30 bits per heavy atom. The Bertz CT molecular complexity index is 1290. The van der Waals surface area contributed by atoms with Crippen LogP contribution < -0.4 is 9.80 Å². The molecule has 1 heterocycles. The van der Waals surface area contributed by atoms with Crippen molar-refractivity contribution in [3.05, 3.63) is 76.9 Å². The molecule has 0 radical (unpaired) electrons. The number of aromatic nitrogens is 1. The maximum atomic E-state index is 11.7. The van der Waals surface area contributed by atoms with Crippen LogP contribution in [0.25, 0.3) is 0 Å². The normalized spacial score (nSPS) is 24.9. The van der Waals surface area contributed by atoms with E-state index in [1.54, 1.807) is 23.2 Å². The number of pyridine rings is 1. The van der Waals surface area contributed by atoms with Crippen LogP contribution in [-0.4, -0.2) is 30.2 Å². The topological polar surface area (TPSA) is 56.7 Å². The van der Waals surface area contributed by atoms with Gasteiger partial charge in [0.25, 0.3) is 0 Å². The van der Waals surface area contributed by atoms with Crippen molar-refractivity contribution in [3.63, 3.8) is 0 Å². The van der Waals surface area contributed by atoms with E-state index in [2.05, 4.69) is 41.9 Å². The Balaban J connectivity index is 1.39. The molecule has 0 spiro atoms. The molecule has 2 unspecified atom stereocenters. The van der Waals surface area contributed by atoms with Crippen molar-refractivity contribution in [3.8, 4) is 0 Å². The molecule has 37 heavy (non-hydrogen) atoms. The standard InChI is InChI=1S/C31H36ClN3O2/c1-20-13-21-15-22(14-20)19-31(2,18-21)23-10-11-28(27(32)16-23)34(3)24-7-5-8-25(17-24)35(4)29-26(30(36)37)9-6-12-33-29/h5-12,16-17,20-22H,13-15,18-19H2,1-4H3,(H,36,37). The first-order chi connectivity index (χ1) is 17.6. The Kier molecular flexibility index (Phi) is 6.93. The molecule has 2 aliphatic rings. The van der Waals surface area contributed by atoms with Gasteiger partial charge in [0.1, 0.15) is 11.4 Å². The van der Waals surface area contributed by atoms with Crippen molar-refractivity contribution in [1.29, 1.82) is 0 Å². The summed E-state index contributed by atoms with van der Waals surface area (Å²) in [5.74, 6) is 1.91. The maximum Gasteiger partial charge on any atom is 0.339 e. The highest BCUT2D eigenvalue weighted by molar-refractivity contribution is 6.33. The molecule has 2 aliphatic carbocycles. The predicted molar refractivity (Wildman–Crippen MR) is 152 cm³/mol. The lowest BCUT2D eigenvalue weighted by molar-refractivity contribution is 0.0697. The van der Waals surface area contributed by atoms with Gasteiger partial charge in [-0.15, -0.1) is 0 Å². The zero-order valence-corrected chi connectivity index (χ0v) is 22.9. The molecule has 2 bridgehead atoms. The summed E-state index contributed by atoms with van der Waals surface area (Å²) in [6.45, 7) is 4.84. The lowest BCUT2D eigenvalue weighted by Gasteiger charge is -2.47. The van der Waals surface area contributed by atoms with Gasteiger partial charge in [0.05, 0.1) is 10.7 Å². The number of hydrogen-bond donors (Lipinski definition) is 1. The molecule has 2 atom stereocenters. The first kappa shape index (κ1) is 25.6. The van der Waals surface area contributed by atoms with Gasteiger partial charge in [0.15, 0.2) is 0 Å². The summed E-state index contributed by atoms with van der Waals surface area (Å²) in [5.41, 5.74) is 4.44. The van der Waals surface area contributed by atoms with Crippen molar-refractivity contribution in [2.45, 2.75) is 51.4 Å². The van der Waals surface area contributed by atoms with Crippen molar-refractivity contribution >= 4 is 40.5 Å². The third-order valence-electron chi connectivity index (χ3n) is 8.56. The van der Waals surface area contributed by atoms with Gasteiger partial charge in [-0.05, 0) is 103 Å². The number of hydrogen-bond acceptors (Lipinski definition) is 4. The maximum absolute atomic E-state index is 11.7. The van der Waals surface area contributed by atoms with Crippen LogP contribution in [-0.2, 0) is 5.41 Å². The highest BCUT2D eigenvalue weighted by atomic mass is 35.5. The number of nitrogens with zero attached hydrogens (tertiary/aromatic N) is 3. The van der Waals surface area contributed by atoms with Gasteiger partial charge in [-0.1, -0.05) is 37.6 Å². The first-order valence-corrected chi connectivity index (χ1v) is 13.6. The van der Waals surface area contributed by atoms with E-state index >= 15 is 0 Å². The quantitative estimate of drug-likeness (QED) is 0.358. The summed E-state index contributed by atoms with van der Waals surface area (Å²) in [4.78, 5) is 19.9. The Morgan fingerprint density at radius 2 is 1.65 bits per heavy atom. The van der Waals surface area contributed by atoms with Gasteiger partial charge in [-0.2, -0.15) is 0 Å². The molecular formula is C31H36ClN3O2. The van der Waals surface area contributed by atoms with Crippen molar-refractivity contribution in [2.24, 2.45) is 17.8 Å². The summed E-state index contributed by atoms with van der Waals surface area (Å²) < 4.78 is 0. The minimum atomic E-state index is -1.00. The highest BCUT2D eigenvalue weighted by Crippen LogP contribution is 2.52. The minimum Gasteiger partial charge on any atom is -0.478 e. The van der Waals surface area contributed by atoms with E-state index in [9.17, 15) is 9.90 Å². The molecule has 2 fully saturated rings. The van der Waals surface area contributed by atoms with Crippen LogP contribution in [0.4, 0.5) is 22.9 Å². The smallest absolute Gasteiger partial charge is 0.339 e. The van der Waals surface area contributed by atoms with Crippen LogP contribution in [0.5, 0.6) is 0 Å². The summed E-state index contributed by atoms with van der Waals surface area (Å²) in [7, 11) is 3.84. The molecule has 0 amide bonds. The number of aromatic carboxylic acids is 1. The van der Waals surface area contributed by atoms with Crippen LogP contribution in [0.2, 0.25) is 5.02 Å². The Hall–Kier alpha value is -3.05. The summed E-state index contributed by atoms with van der Waals surface area (Å²) in [6, 6.07) is 17.8. The largest absolute Gasteiger partial charge is 0.478 e. The summed E-state index contributed by atoms with van der Waals surface area (Å²) >= 11 is 6.93. The highest BCUT2D eigenvalue weighted by Gasteiger charge is 2.42. The second kappa shape index (κ2) is 10.0. The number of fused-ring (bicyclic) bond motifs is 2. The average Bonchev–Trinajstić information content (AvgIpc) is 2.87. The first-order valence-electron chi connectivity index (χ1n) is 13.2. The van der Waals surface area contributed by atoms with Gasteiger partial charge >= 0.3 is 5.97 Å². The lowest BCUT2D eigenvalue weighted by atomic mass is 9.57. The van der Waals surface area contributed by atoms with E-state index in [4.69, 9.17) is 11.6 Å². The summed E-state index contributed by atoms with van der Waals surface area (Å²) in [5, 5.41) is 10.3. The number of rotatable bonds is 6. The molecule has 5 rings (SSSR count). The molecule has 3 aromatic rings. The van der Waals surface area contributed by atoms with Gasteiger partial charge in [-0.3, -0.25) is 0 Å². The molecule has 1 aromatic heterocycles. The van der Waals surface area contributed by atoms with Crippen molar-refractivity contribution in [1.82, 2.24) is 4.98 Å². The fourth-order valence-corrected chi connectivity index (χ4v) is 7.29. The second-order valence-electron chi connectivity index (χ2n) is 11.5. The van der Waals surface area contributed by atoms with E-state index in [1.807, 2.05) is 38.4 Å². The van der Waals surface area contributed by atoms with Gasteiger partial charge in [-0.25, -0.2) is 9.78 Å². The van der Waals surface area contributed by atoms with E-state index in [1.165, 1.54) is 37.7 Å². The zero-order valence-electron chi connectivity index (χ0n) is 22.1. The number of benzene rings is 2. The predicted octanol–water partition coefficient (Wildman–Crippen LogP) is 8.07. The van der Waals surface area contributed by atoms with Crippen LogP contribution in [0.15, 0.2) is 60.8 Å². The van der Waals surface area contributed by atoms with Gasteiger partial charge in [0, 0.05) is 31.7 Å². The van der Waals surface area contributed by atoms with Crippen LogP contribution in [0.1, 0.15) is 61.9 Å². The number of anilines is 4. The van der Waals surface area contributed by atoms with Crippen LogP contribution in [0, 0.1) is 17.8 Å². The Labute approximate surface area is 225 Å². The fourth-order valence-electron chi connectivity index (χ4n) is 6.98. The second-order valence-corrected chi connectivity index (χ2v) is 11.9. The molecule has 0 aliphatic heterocycles. The number of carboxylic acids is 1. The SMILES string of the molecule is CC1CC2CC(C1)CC(C)(c1ccc(N(C)c3cccc(N(C)c4ncccc4C(=O)O)c3)c(Cl)c1)C2. The van der Waals surface area contributed by atoms with E-state index in [0.29, 0.717) is 5.82 Å². The molecule has 0 saturated heterocycles. The monoisotopic (exact) mass is 517 g/mol. The zero-order chi connectivity index (χ0) is 26.3. The minimum absolute atomic E-state index is 0.164. The van der Waals surface area contributed by atoms with E-state index < -0.39 is 5.97 Å². The third kappa shape index (κ3) is 5.06. The average molecular weight is 518 g/mol. The molecule has 1 N–H and O–H groups in total. The number of carbonyl (C=O) groups is 1. The third-order valence-corrected chi connectivity index (χ3v) is 8.86. The van der Waals surface area contributed by atoms with Gasteiger partial charge in [0.2, 0.25) is 0 Å². The van der Waals surface area contributed by atoms with E-state index in [-0.39, 0.29) is 11.0 Å². The molecule has 6 heteroatoms. The van der Waals surface area contributed by atoms with E-state index in [0.717, 1.165) is 39.8 Å². The van der Waals surface area contributed by atoms with Crippen LogP contribution >= 0.6 is 11.6 Å². The summed E-state index contributed by atoms with van der Waals surface area (Å²) in [6.07, 6.45) is 8.22. The number of carboxylic acid groups (broad SMARTS) is 1. The fraction of sp³-hybridized carbons (Fsp3) is 0.419. The number of halogens is 1. The van der Waals surface area contributed by atoms with Crippen LogP contribution in [0.3, 0.4) is 0 Å². The lowest BCUT2D eigenvalue weighted by Crippen LogP contribution is -2.38.